The summed E-state index contributed by atoms with van der Waals surface area (Å²) in [5.41, 5.74) is 5.19. The van der Waals surface area contributed by atoms with E-state index >= 15 is 0 Å². The Morgan fingerprint density at radius 3 is 2.83 bits per heavy atom. The zero-order valence-corrected chi connectivity index (χ0v) is 12.5. The normalized spacial score (nSPS) is 14.4. The summed E-state index contributed by atoms with van der Waals surface area (Å²) in [5, 5.41) is 10.1. The topological polar surface area (TPSA) is 58.6 Å². The summed E-state index contributed by atoms with van der Waals surface area (Å²) in [6.45, 7) is 2.00. The second kappa shape index (κ2) is 5.25. The van der Waals surface area contributed by atoms with Crippen LogP contribution in [-0.2, 0) is 0 Å². The molecule has 3 aromatic rings. The summed E-state index contributed by atoms with van der Waals surface area (Å²) < 4.78 is 5.41. The number of benzene rings is 2. The van der Waals surface area contributed by atoms with Gasteiger partial charge in [0.15, 0.2) is 0 Å². The van der Waals surface area contributed by atoms with Crippen LogP contribution >= 0.6 is 0 Å². The van der Waals surface area contributed by atoms with Crippen LogP contribution in [0.1, 0.15) is 16.8 Å². The molecule has 0 radical (unpaired) electrons. The SMILES string of the molecule is Cc1cccc(-c2nc(/C=C3/C=Nc4ccccc43)c(O)o2)c1. The van der Waals surface area contributed by atoms with Crippen molar-refractivity contribution in [3.8, 4) is 17.4 Å². The molecule has 2 heterocycles. The molecular weight excluding hydrogens is 288 g/mol. The van der Waals surface area contributed by atoms with Gasteiger partial charge in [-0.25, -0.2) is 4.98 Å². The van der Waals surface area contributed by atoms with E-state index in [1.165, 1.54) is 0 Å². The van der Waals surface area contributed by atoms with E-state index in [1.807, 2.05) is 55.5 Å². The van der Waals surface area contributed by atoms with Crippen molar-refractivity contribution < 1.29 is 9.52 Å². The Hall–Kier alpha value is -3.14. The monoisotopic (exact) mass is 302 g/mol. The zero-order valence-electron chi connectivity index (χ0n) is 12.5. The number of rotatable bonds is 2. The fourth-order valence-corrected chi connectivity index (χ4v) is 2.62. The Morgan fingerprint density at radius 2 is 1.96 bits per heavy atom. The first-order chi connectivity index (χ1) is 11.2. The van der Waals surface area contributed by atoms with Crippen molar-refractivity contribution in [2.24, 2.45) is 4.99 Å². The van der Waals surface area contributed by atoms with Crippen molar-refractivity contribution in [2.45, 2.75) is 6.92 Å². The number of aromatic nitrogens is 1. The van der Waals surface area contributed by atoms with Crippen molar-refractivity contribution in [1.82, 2.24) is 4.98 Å². The van der Waals surface area contributed by atoms with Gasteiger partial charge >= 0.3 is 5.95 Å². The van der Waals surface area contributed by atoms with Crippen LogP contribution in [0.3, 0.4) is 0 Å². The number of nitrogens with zero attached hydrogens (tertiary/aromatic N) is 2. The summed E-state index contributed by atoms with van der Waals surface area (Å²) in [7, 11) is 0. The molecule has 23 heavy (non-hydrogen) atoms. The summed E-state index contributed by atoms with van der Waals surface area (Å²) in [6.07, 6.45) is 3.55. The molecule has 0 saturated carbocycles. The van der Waals surface area contributed by atoms with Crippen LogP contribution in [-0.4, -0.2) is 16.3 Å². The zero-order chi connectivity index (χ0) is 15.8. The average molecular weight is 302 g/mol. The second-order valence-electron chi connectivity index (χ2n) is 5.45. The highest BCUT2D eigenvalue weighted by molar-refractivity contribution is 6.21. The van der Waals surface area contributed by atoms with E-state index in [0.29, 0.717) is 11.6 Å². The van der Waals surface area contributed by atoms with Crippen LogP contribution in [0.4, 0.5) is 5.69 Å². The van der Waals surface area contributed by atoms with E-state index in [2.05, 4.69) is 9.98 Å². The van der Waals surface area contributed by atoms with Gasteiger partial charge in [0, 0.05) is 22.9 Å². The van der Waals surface area contributed by atoms with E-state index in [4.69, 9.17) is 4.42 Å². The third kappa shape index (κ3) is 2.44. The highest BCUT2D eigenvalue weighted by Gasteiger charge is 2.16. The molecule has 4 heteroatoms. The summed E-state index contributed by atoms with van der Waals surface area (Å²) >= 11 is 0. The lowest BCUT2D eigenvalue weighted by Crippen LogP contribution is -1.82. The number of para-hydroxylation sites is 1. The number of aromatic hydroxyl groups is 1. The largest absolute Gasteiger partial charge is 0.479 e. The number of hydrogen-bond donors (Lipinski definition) is 1. The summed E-state index contributed by atoms with van der Waals surface area (Å²) in [5.74, 6) is 0.216. The summed E-state index contributed by atoms with van der Waals surface area (Å²) in [6, 6.07) is 15.7. The molecule has 0 atom stereocenters. The predicted molar refractivity (Wildman–Crippen MR) is 90.8 cm³/mol. The highest BCUT2D eigenvalue weighted by atomic mass is 16.5. The minimum Gasteiger partial charge on any atom is -0.479 e. The first-order valence-corrected chi connectivity index (χ1v) is 7.33. The van der Waals surface area contributed by atoms with E-state index < -0.39 is 0 Å². The molecule has 4 nitrogen and oxygen atoms in total. The Labute approximate surface area is 133 Å². The van der Waals surface area contributed by atoms with Crippen molar-refractivity contribution in [3.05, 3.63) is 65.4 Å². The molecule has 1 N–H and O–H groups in total. The lowest BCUT2D eigenvalue weighted by atomic mass is 10.1. The number of allylic oxidation sites excluding steroid dienone is 1. The van der Waals surface area contributed by atoms with E-state index in [-0.39, 0.29) is 5.95 Å². The van der Waals surface area contributed by atoms with E-state index in [0.717, 1.165) is 28.0 Å². The minimum absolute atomic E-state index is 0.188. The molecule has 0 bridgehead atoms. The quantitative estimate of drug-likeness (QED) is 0.752. The van der Waals surface area contributed by atoms with Gasteiger partial charge in [0.2, 0.25) is 5.89 Å². The number of fused-ring (bicyclic) bond motifs is 1. The van der Waals surface area contributed by atoms with Gasteiger partial charge in [-0.15, -0.1) is 0 Å². The molecule has 1 aliphatic rings. The van der Waals surface area contributed by atoms with Gasteiger partial charge in [0.25, 0.3) is 0 Å². The van der Waals surface area contributed by atoms with Gasteiger partial charge in [-0.05, 0) is 31.2 Å². The van der Waals surface area contributed by atoms with Crippen molar-refractivity contribution >= 4 is 23.6 Å². The van der Waals surface area contributed by atoms with Gasteiger partial charge in [0.1, 0.15) is 5.69 Å². The maximum absolute atomic E-state index is 10.1. The van der Waals surface area contributed by atoms with Crippen LogP contribution < -0.4 is 0 Å². The Kier molecular flexibility index (Phi) is 3.08. The van der Waals surface area contributed by atoms with Gasteiger partial charge in [0.05, 0.1) is 5.69 Å². The third-order valence-electron chi connectivity index (χ3n) is 3.75. The first-order valence-electron chi connectivity index (χ1n) is 7.33. The molecule has 1 aromatic heterocycles. The number of oxazole rings is 1. The molecule has 0 aliphatic carbocycles. The molecular formula is C19H14N2O2. The summed E-state index contributed by atoms with van der Waals surface area (Å²) in [4.78, 5) is 8.75. The maximum Gasteiger partial charge on any atom is 0.310 e. The molecule has 4 rings (SSSR count). The van der Waals surface area contributed by atoms with Crippen LogP contribution in [0, 0.1) is 6.92 Å². The van der Waals surface area contributed by atoms with Gasteiger partial charge < -0.3 is 9.52 Å². The van der Waals surface area contributed by atoms with Crippen LogP contribution in [0.15, 0.2) is 57.9 Å². The number of hydrogen-bond acceptors (Lipinski definition) is 4. The fraction of sp³-hybridized carbons (Fsp3) is 0.0526. The van der Waals surface area contributed by atoms with Crippen LogP contribution in [0.2, 0.25) is 0 Å². The lowest BCUT2D eigenvalue weighted by molar-refractivity contribution is 0.336. The average Bonchev–Trinajstić information content (AvgIpc) is 3.13. The first kappa shape index (κ1) is 13.5. The van der Waals surface area contributed by atoms with Crippen LogP contribution in [0.25, 0.3) is 23.1 Å². The standard InChI is InChI=1S/C19H14N2O2/c1-12-5-4-6-13(9-12)18-21-17(19(22)23-18)10-14-11-20-16-8-3-2-7-15(14)16/h2-11,22H,1H3/b14-10-. The van der Waals surface area contributed by atoms with E-state index in [9.17, 15) is 5.11 Å². The molecule has 0 amide bonds. The van der Waals surface area contributed by atoms with Gasteiger partial charge in [-0.3, -0.25) is 4.99 Å². The molecule has 0 saturated heterocycles. The smallest absolute Gasteiger partial charge is 0.310 e. The Morgan fingerprint density at radius 1 is 1.09 bits per heavy atom. The molecule has 0 unspecified atom stereocenters. The molecule has 1 aliphatic heterocycles. The molecule has 0 spiro atoms. The Balaban J connectivity index is 1.75. The Bertz CT molecular complexity index is 952. The molecule has 112 valence electrons. The van der Waals surface area contributed by atoms with E-state index in [1.54, 1.807) is 12.3 Å². The van der Waals surface area contributed by atoms with Crippen LogP contribution in [0.5, 0.6) is 5.95 Å². The van der Waals surface area contributed by atoms with Crippen molar-refractivity contribution in [3.63, 3.8) is 0 Å². The van der Waals surface area contributed by atoms with Crippen molar-refractivity contribution in [1.29, 1.82) is 0 Å². The molecule has 2 aromatic carbocycles. The third-order valence-corrected chi connectivity index (χ3v) is 3.75. The second-order valence-corrected chi connectivity index (χ2v) is 5.45. The number of aliphatic imine (C=N–C) groups is 1. The molecule has 0 fully saturated rings. The minimum atomic E-state index is -0.188. The number of aryl methyl sites for hydroxylation is 1. The van der Waals surface area contributed by atoms with Crippen molar-refractivity contribution in [2.75, 3.05) is 0 Å². The predicted octanol–water partition coefficient (Wildman–Crippen LogP) is 4.61. The van der Waals surface area contributed by atoms with Gasteiger partial charge in [-0.1, -0.05) is 35.9 Å². The van der Waals surface area contributed by atoms with Gasteiger partial charge in [-0.2, -0.15) is 0 Å². The maximum atomic E-state index is 10.1. The highest BCUT2D eigenvalue weighted by Crippen LogP contribution is 2.34. The lowest BCUT2D eigenvalue weighted by Gasteiger charge is -1.97. The fourth-order valence-electron chi connectivity index (χ4n) is 2.62.